The standard InChI is InChI=1S/C29H31F2N5O/c1-20(22-8-10-23(11-9-22)35-16-3-2-4-17-35)33-28(37)14-13-27-34-26-6-5-15-32-29(26)36(27)19-21-7-12-24(30)25(31)18-21/h5-12,15,18,20H,2-4,13-14,16-17,19H2,1H3,(H,33,37). The monoisotopic (exact) mass is 503 g/mol. The maximum absolute atomic E-state index is 13.8. The quantitative estimate of drug-likeness (QED) is 0.342. The van der Waals surface area contributed by atoms with Gasteiger partial charge in [-0.05, 0) is 73.7 Å². The van der Waals surface area contributed by atoms with E-state index in [4.69, 9.17) is 0 Å². The van der Waals surface area contributed by atoms with Crippen LogP contribution in [-0.2, 0) is 17.8 Å². The van der Waals surface area contributed by atoms with Crippen molar-refractivity contribution in [3.05, 3.63) is 89.4 Å². The van der Waals surface area contributed by atoms with Gasteiger partial charge in [-0.1, -0.05) is 18.2 Å². The van der Waals surface area contributed by atoms with Crippen LogP contribution in [-0.4, -0.2) is 33.5 Å². The molecule has 1 amide bonds. The number of halogens is 2. The van der Waals surface area contributed by atoms with Gasteiger partial charge >= 0.3 is 0 Å². The zero-order chi connectivity index (χ0) is 25.8. The lowest BCUT2D eigenvalue weighted by Crippen LogP contribution is -2.29. The fourth-order valence-electron chi connectivity index (χ4n) is 4.93. The summed E-state index contributed by atoms with van der Waals surface area (Å²) < 4.78 is 29.0. The van der Waals surface area contributed by atoms with E-state index in [-0.39, 0.29) is 24.9 Å². The van der Waals surface area contributed by atoms with Gasteiger partial charge in [-0.2, -0.15) is 0 Å². The number of pyridine rings is 1. The molecule has 1 fully saturated rings. The summed E-state index contributed by atoms with van der Waals surface area (Å²) in [7, 11) is 0. The minimum atomic E-state index is -0.895. The highest BCUT2D eigenvalue weighted by Gasteiger charge is 2.17. The molecule has 1 unspecified atom stereocenters. The number of carbonyl (C=O) groups excluding carboxylic acids is 1. The van der Waals surface area contributed by atoms with Crippen LogP contribution < -0.4 is 10.2 Å². The third-order valence-electron chi connectivity index (χ3n) is 6.97. The van der Waals surface area contributed by atoms with Gasteiger partial charge in [-0.15, -0.1) is 0 Å². The van der Waals surface area contributed by atoms with Crippen LogP contribution in [0.15, 0.2) is 60.8 Å². The van der Waals surface area contributed by atoms with Gasteiger partial charge in [0.1, 0.15) is 11.3 Å². The molecule has 0 bridgehead atoms. The number of nitrogens with one attached hydrogen (secondary N) is 1. The molecule has 1 saturated heterocycles. The van der Waals surface area contributed by atoms with Crippen molar-refractivity contribution in [1.29, 1.82) is 0 Å². The summed E-state index contributed by atoms with van der Waals surface area (Å²) in [5, 5.41) is 3.09. The lowest BCUT2D eigenvalue weighted by molar-refractivity contribution is -0.121. The topological polar surface area (TPSA) is 63.1 Å². The van der Waals surface area contributed by atoms with E-state index in [2.05, 4.69) is 44.5 Å². The number of hydrogen-bond donors (Lipinski definition) is 1. The second-order valence-corrected chi connectivity index (χ2v) is 9.64. The molecule has 1 aliphatic rings. The van der Waals surface area contributed by atoms with Crippen LogP contribution in [0, 0.1) is 11.6 Å². The van der Waals surface area contributed by atoms with Crippen molar-refractivity contribution < 1.29 is 13.6 Å². The van der Waals surface area contributed by atoms with Crippen molar-refractivity contribution in [2.75, 3.05) is 18.0 Å². The second-order valence-electron chi connectivity index (χ2n) is 9.64. The fraction of sp³-hybridized carbons (Fsp3) is 0.345. The maximum Gasteiger partial charge on any atom is 0.220 e. The van der Waals surface area contributed by atoms with E-state index in [0.717, 1.165) is 24.7 Å². The van der Waals surface area contributed by atoms with E-state index in [0.29, 0.717) is 29.0 Å². The predicted molar refractivity (Wildman–Crippen MR) is 140 cm³/mol. The number of rotatable bonds is 8. The Morgan fingerprint density at radius 1 is 1.03 bits per heavy atom. The lowest BCUT2D eigenvalue weighted by atomic mass is 10.1. The largest absolute Gasteiger partial charge is 0.372 e. The number of carbonyl (C=O) groups is 1. The third kappa shape index (κ3) is 5.79. The zero-order valence-electron chi connectivity index (χ0n) is 21.0. The minimum Gasteiger partial charge on any atom is -0.372 e. The summed E-state index contributed by atoms with van der Waals surface area (Å²) in [4.78, 5) is 24.3. The van der Waals surface area contributed by atoms with Crippen molar-refractivity contribution in [3.63, 3.8) is 0 Å². The number of piperidine rings is 1. The Hall–Kier alpha value is -3.81. The molecule has 1 atom stereocenters. The van der Waals surface area contributed by atoms with Crippen LogP contribution in [0.2, 0.25) is 0 Å². The zero-order valence-corrected chi connectivity index (χ0v) is 21.0. The van der Waals surface area contributed by atoms with Crippen LogP contribution in [0.4, 0.5) is 14.5 Å². The predicted octanol–water partition coefficient (Wildman–Crippen LogP) is 5.56. The molecule has 0 saturated carbocycles. The highest BCUT2D eigenvalue weighted by Crippen LogP contribution is 2.23. The second kappa shape index (κ2) is 11.1. The molecule has 5 rings (SSSR count). The van der Waals surface area contributed by atoms with Crippen LogP contribution in [0.3, 0.4) is 0 Å². The van der Waals surface area contributed by atoms with E-state index in [9.17, 15) is 13.6 Å². The average molecular weight is 504 g/mol. The number of fused-ring (bicyclic) bond motifs is 1. The summed E-state index contributed by atoms with van der Waals surface area (Å²) in [6.45, 7) is 4.46. The molecule has 4 aromatic rings. The maximum atomic E-state index is 13.8. The minimum absolute atomic E-state index is 0.0769. The van der Waals surface area contributed by atoms with Crippen molar-refractivity contribution in [2.24, 2.45) is 0 Å². The fourth-order valence-corrected chi connectivity index (χ4v) is 4.93. The molecule has 2 aromatic heterocycles. The Labute approximate surface area is 215 Å². The van der Waals surface area contributed by atoms with Gasteiger partial charge in [0, 0.05) is 37.8 Å². The molecule has 192 valence electrons. The number of aromatic nitrogens is 3. The summed E-state index contributed by atoms with van der Waals surface area (Å²) in [6.07, 6.45) is 6.08. The summed E-state index contributed by atoms with van der Waals surface area (Å²) in [5.41, 5.74) is 4.23. The molecule has 1 N–H and O–H groups in total. The number of nitrogens with zero attached hydrogens (tertiary/aromatic N) is 4. The van der Waals surface area contributed by atoms with Gasteiger partial charge in [0.05, 0.1) is 12.6 Å². The van der Waals surface area contributed by atoms with Crippen LogP contribution >= 0.6 is 0 Å². The van der Waals surface area contributed by atoms with Crippen molar-refractivity contribution >= 4 is 22.8 Å². The summed E-state index contributed by atoms with van der Waals surface area (Å²) in [6, 6.07) is 15.8. The molecule has 37 heavy (non-hydrogen) atoms. The van der Waals surface area contributed by atoms with Crippen LogP contribution in [0.25, 0.3) is 11.2 Å². The first-order valence-corrected chi connectivity index (χ1v) is 12.9. The van der Waals surface area contributed by atoms with E-state index < -0.39 is 11.6 Å². The number of aryl methyl sites for hydroxylation is 1. The molecular weight excluding hydrogens is 472 g/mol. The van der Waals surface area contributed by atoms with Crippen LogP contribution in [0.5, 0.6) is 0 Å². The molecule has 0 spiro atoms. The van der Waals surface area contributed by atoms with Gasteiger partial charge in [-0.3, -0.25) is 4.79 Å². The van der Waals surface area contributed by atoms with Gasteiger partial charge < -0.3 is 14.8 Å². The van der Waals surface area contributed by atoms with E-state index in [1.165, 1.54) is 31.0 Å². The average Bonchev–Trinajstić information content (AvgIpc) is 3.27. The van der Waals surface area contributed by atoms with Crippen molar-refractivity contribution in [2.45, 2.75) is 51.6 Å². The molecule has 1 aliphatic heterocycles. The van der Waals surface area contributed by atoms with Gasteiger partial charge in [0.25, 0.3) is 0 Å². The van der Waals surface area contributed by atoms with E-state index in [1.54, 1.807) is 18.3 Å². The first-order valence-electron chi connectivity index (χ1n) is 12.9. The number of benzene rings is 2. The molecule has 0 aliphatic carbocycles. The van der Waals surface area contributed by atoms with Gasteiger partial charge in [0.15, 0.2) is 17.3 Å². The first-order chi connectivity index (χ1) is 18.0. The number of amides is 1. The first kappa shape index (κ1) is 24.9. The number of hydrogen-bond acceptors (Lipinski definition) is 4. The summed E-state index contributed by atoms with van der Waals surface area (Å²) in [5.74, 6) is -1.18. The highest BCUT2D eigenvalue weighted by molar-refractivity contribution is 5.77. The molecule has 0 radical (unpaired) electrons. The Kier molecular flexibility index (Phi) is 7.44. The van der Waals surface area contributed by atoms with E-state index >= 15 is 0 Å². The smallest absolute Gasteiger partial charge is 0.220 e. The van der Waals surface area contributed by atoms with Gasteiger partial charge in [0.2, 0.25) is 5.91 Å². The molecular formula is C29H31F2N5O. The van der Waals surface area contributed by atoms with E-state index in [1.807, 2.05) is 17.6 Å². The number of anilines is 1. The number of imidazole rings is 1. The Bertz CT molecular complexity index is 1380. The molecule has 2 aromatic carbocycles. The SMILES string of the molecule is CC(NC(=O)CCc1nc2cccnc2n1Cc1ccc(F)c(F)c1)c1ccc(N2CCCCC2)cc1. The Morgan fingerprint density at radius 2 is 1.81 bits per heavy atom. The summed E-state index contributed by atoms with van der Waals surface area (Å²) >= 11 is 0. The Balaban J connectivity index is 1.24. The normalized spacial score (nSPS) is 14.6. The lowest BCUT2D eigenvalue weighted by Gasteiger charge is -2.29. The van der Waals surface area contributed by atoms with Gasteiger partial charge in [-0.25, -0.2) is 18.7 Å². The van der Waals surface area contributed by atoms with Crippen LogP contribution in [0.1, 0.15) is 55.6 Å². The van der Waals surface area contributed by atoms with Crippen molar-refractivity contribution in [3.8, 4) is 0 Å². The van der Waals surface area contributed by atoms with Crippen molar-refractivity contribution in [1.82, 2.24) is 19.9 Å². The highest BCUT2D eigenvalue weighted by atomic mass is 19.2. The molecule has 6 nitrogen and oxygen atoms in total. The Morgan fingerprint density at radius 3 is 2.57 bits per heavy atom. The molecule has 3 heterocycles. The molecule has 8 heteroatoms. The third-order valence-corrected chi connectivity index (χ3v) is 6.97.